The van der Waals surface area contributed by atoms with Crippen molar-refractivity contribution in [1.29, 1.82) is 0 Å². The molecule has 0 N–H and O–H groups in total. The number of likely N-dealkylation sites (tertiary alicyclic amines) is 2. The molecule has 3 nitrogen and oxygen atoms in total. The molecule has 2 aliphatic heterocycles. The fraction of sp³-hybridized carbons (Fsp3) is 0.909. The average molecular weight is 196 g/mol. The minimum Gasteiger partial charge on any atom is -0.304 e. The third-order valence-corrected chi connectivity index (χ3v) is 3.57. The molecule has 2 saturated heterocycles. The van der Waals surface area contributed by atoms with E-state index in [2.05, 4.69) is 37.7 Å². The molecule has 0 aliphatic carbocycles. The number of hydrogen-bond donors (Lipinski definition) is 0. The van der Waals surface area contributed by atoms with Crippen LogP contribution in [-0.2, 0) is 4.79 Å². The van der Waals surface area contributed by atoms with Gasteiger partial charge in [-0.3, -0.25) is 4.79 Å². The van der Waals surface area contributed by atoms with Gasteiger partial charge < -0.3 is 9.80 Å². The lowest BCUT2D eigenvalue weighted by molar-refractivity contribution is -0.155. The Morgan fingerprint density at radius 2 is 1.21 bits per heavy atom. The number of Topliss-reactive ketones (excluding diaryl/α,β-unsaturated/α-hetero) is 1. The van der Waals surface area contributed by atoms with Gasteiger partial charge >= 0.3 is 0 Å². The molecular formula is C11H20N2O. The van der Waals surface area contributed by atoms with E-state index in [-0.39, 0.29) is 10.8 Å². The van der Waals surface area contributed by atoms with Gasteiger partial charge in [0.1, 0.15) is 5.78 Å². The summed E-state index contributed by atoms with van der Waals surface area (Å²) in [7, 11) is 4.24. The smallest absolute Gasteiger partial charge is 0.149 e. The van der Waals surface area contributed by atoms with E-state index in [0.717, 1.165) is 26.2 Å². The fourth-order valence-electron chi connectivity index (χ4n) is 3.61. The van der Waals surface area contributed by atoms with Crippen LogP contribution in [0.15, 0.2) is 0 Å². The largest absolute Gasteiger partial charge is 0.304 e. The molecule has 80 valence electrons. The summed E-state index contributed by atoms with van der Waals surface area (Å²) in [5.41, 5.74) is -0.288. The first kappa shape index (κ1) is 10.1. The highest BCUT2D eigenvalue weighted by Crippen LogP contribution is 2.41. The maximum absolute atomic E-state index is 12.3. The molecule has 0 saturated carbocycles. The minimum absolute atomic E-state index is 0.144. The monoisotopic (exact) mass is 196 g/mol. The Hall–Kier alpha value is -0.410. The molecule has 2 aliphatic rings. The van der Waals surface area contributed by atoms with E-state index >= 15 is 0 Å². The van der Waals surface area contributed by atoms with Gasteiger partial charge in [-0.2, -0.15) is 0 Å². The van der Waals surface area contributed by atoms with Crippen molar-refractivity contribution in [2.24, 2.45) is 10.8 Å². The second-order valence-corrected chi connectivity index (χ2v) is 5.80. The van der Waals surface area contributed by atoms with Gasteiger partial charge in [0.2, 0.25) is 0 Å². The lowest BCUT2D eigenvalue weighted by Crippen LogP contribution is -2.66. The van der Waals surface area contributed by atoms with Crippen LogP contribution < -0.4 is 0 Å². The zero-order chi connectivity index (χ0) is 10.6. The van der Waals surface area contributed by atoms with E-state index in [1.807, 2.05) is 0 Å². The van der Waals surface area contributed by atoms with Crippen molar-refractivity contribution >= 4 is 5.78 Å². The summed E-state index contributed by atoms with van der Waals surface area (Å²) in [5, 5.41) is 0. The first-order chi connectivity index (χ1) is 6.36. The Kier molecular flexibility index (Phi) is 2.02. The van der Waals surface area contributed by atoms with E-state index in [0.29, 0.717) is 5.78 Å². The quantitative estimate of drug-likeness (QED) is 0.562. The summed E-state index contributed by atoms with van der Waals surface area (Å²) >= 11 is 0. The topological polar surface area (TPSA) is 23.6 Å². The van der Waals surface area contributed by atoms with Gasteiger partial charge in [0.15, 0.2) is 0 Å². The Bertz CT molecular complexity index is 236. The maximum atomic E-state index is 12.3. The van der Waals surface area contributed by atoms with Crippen molar-refractivity contribution in [1.82, 2.24) is 9.80 Å². The lowest BCUT2D eigenvalue weighted by atomic mass is 9.64. The predicted octanol–water partition coefficient (Wildman–Crippen LogP) is 0.459. The number of nitrogens with zero attached hydrogens (tertiary/aromatic N) is 2. The van der Waals surface area contributed by atoms with Crippen molar-refractivity contribution in [3.05, 3.63) is 0 Å². The molecule has 0 atom stereocenters. The Morgan fingerprint density at radius 3 is 1.50 bits per heavy atom. The third-order valence-electron chi connectivity index (χ3n) is 3.57. The van der Waals surface area contributed by atoms with Crippen LogP contribution in [0.2, 0.25) is 0 Å². The van der Waals surface area contributed by atoms with Gasteiger partial charge in [-0.25, -0.2) is 0 Å². The molecule has 0 aromatic carbocycles. The van der Waals surface area contributed by atoms with E-state index < -0.39 is 0 Å². The van der Waals surface area contributed by atoms with E-state index in [9.17, 15) is 4.79 Å². The molecule has 0 aromatic heterocycles. The number of rotatable bonds is 0. The summed E-state index contributed by atoms with van der Waals surface area (Å²) in [4.78, 5) is 16.9. The highest BCUT2D eigenvalue weighted by Gasteiger charge is 2.54. The van der Waals surface area contributed by atoms with Gasteiger partial charge in [0.05, 0.1) is 10.8 Å². The van der Waals surface area contributed by atoms with Gasteiger partial charge in [0, 0.05) is 26.2 Å². The lowest BCUT2D eigenvalue weighted by Gasteiger charge is -2.53. The maximum Gasteiger partial charge on any atom is 0.149 e. The number of piperidine rings is 2. The first-order valence-corrected chi connectivity index (χ1v) is 5.28. The standard InChI is InChI=1S/C11H20N2O/c1-10-5-12(3)7-11(2,9(10)14)8-13(4)6-10/h5-8H2,1-4H3. The second kappa shape index (κ2) is 2.80. The Morgan fingerprint density at radius 1 is 0.929 bits per heavy atom. The van der Waals surface area contributed by atoms with Crippen molar-refractivity contribution in [2.45, 2.75) is 13.8 Å². The fourth-order valence-corrected chi connectivity index (χ4v) is 3.61. The summed E-state index contributed by atoms with van der Waals surface area (Å²) in [6.07, 6.45) is 0. The van der Waals surface area contributed by atoms with Gasteiger partial charge in [0.25, 0.3) is 0 Å². The summed E-state index contributed by atoms with van der Waals surface area (Å²) in [6.45, 7) is 7.85. The average Bonchev–Trinajstić information content (AvgIpc) is 1.95. The molecule has 0 aromatic rings. The molecule has 2 heterocycles. The number of fused-ring (bicyclic) bond motifs is 2. The highest BCUT2D eigenvalue weighted by molar-refractivity contribution is 5.92. The first-order valence-electron chi connectivity index (χ1n) is 5.28. The molecule has 2 rings (SSSR count). The molecule has 0 spiro atoms. The van der Waals surface area contributed by atoms with Crippen molar-refractivity contribution in [2.75, 3.05) is 40.3 Å². The molecule has 14 heavy (non-hydrogen) atoms. The molecule has 0 unspecified atom stereocenters. The summed E-state index contributed by atoms with van der Waals surface area (Å²) in [6, 6.07) is 0. The Balaban J connectivity index is 2.36. The molecular weight excluding hydrogens is 176 g/mol. The third kappa shape index (κ3) is 1.30. The van der Waals surface area contributed by atoms with Crippen molar-refractivity contribution < 1.29 is 4.79 Å². The number of ketones is 1. The van der Waals surface area contributed by atoms with Gasteiger partial charge in [-0.1, -0.05) is 13.8 Å². The Labute approximate surface area is 86.1 Å². The minimum atomic E-state index is -0.144. The zero-order valence-corrected chi connectivity index (χ0v) is 9.63. The summed E-state index contributed by atoms with van der Waals surface area (Å²) < 4.78 is 0. The van der Waals surface area contributed by atoms with Gasteiger partial charge in [-0.15, -0.1) is 0 Å². The van der Waals surface area contributed by atoms with E-state index in [4.69, 9.17) is 0 Å². The van der Waals surface area contributed by atoms with Crippen LogP contribution in [0.25, 0.3) is 0 Å². The molecule has 2 bridgehead atoms. The zero-order valence-electron chi connectivity index (χ0n) is 9.63. The van der Waals surface area contributed by atoms with Crippen LogP contribution in [0, 0.1) is 10.8 Å². The van der Waals surface area contributed by atoms with Crippen LogP contribution in [0.5, 0.6) is 0 Å². The normalized spacial score (nSPS) is 45.6. The van der Waals surface area contributed by atoms with Crippen molar-refractivity contribution in [3.8, 4) is 0 Å². The SMILES string of the molecule is CN1CC2(C)CN(C)CC(C)(C1)C2=O. The van der Waals surface area contributed by atoms with E-state index in [1.54, 1.807) is 0 Å². The van der Waals surface area contributed by atoms with Crippen molar-refractivity contribution in [3.63, 3.8) is 0 Å². The number of hydrogen-bond acceptors (Lipinski definition) is 3. The molecule has 2 fully saturated rings. The summed E-state index contributed by atoms with van der Waals surface area (Å²) in [5.74, 6) is 0.473. The number of carbonyl (C=O) groups is 1. The predicted molar refractivity (Wildman–Crippen MR) is 56.2 cm³/mol. The molecule has 0 radical (unpaired) electrons. The van der Waals surface area contributed by atoms with Crippen LogP contribution in [0.4, 0.5) is 0 Å². The molecule has 0 amide bonds. The van der Waals surface area contributed by atoms with Crippen LogP contribution in [0.3, 0.4) is 0 Å². The highest BCUT2D eigenvalue weighted by atomic mass is 16.1. The van der Waals surface area contributed by atoms with Gasteiger partial charge in [-0.05, 0) is 14.1 Å². The number of carbonyl (C=O) groups excluding carboxylic acids is 1. The molecule has 3 heteroatoms. The van der Waals surface area contributed by atoms with Crippen LogP contribution in [-0.4, -0.2) is 55.9 Å². The van der Waals surface area contributed by atoms with Crippen LogP contribution >= 0.6 is 0 Å². The van der Waals surface area contributed by atoms with E-state index in [1.165, 1.54) is 0 Å². The second-order valence-electron chi connectivity index (χ2n) is 5.80. The van der Waals surface area contributed by atoms with Crippen LogP contribution in [0.1, 0.15) is 13.8 Å².